The Labute approximate surface area is 104 Å². The van der Waals surface area contributed by atoms with E-state index >= 15 is 0 Å². The van der Waals surface area contributed by atoms with Crippen molar-refractivity contribution in [1.29, 1.82) is 5.26 Å². The fourth-order valence-corrected chi connectivity index (χ4v) is 2.04. The van der Waals surface area contributed by atoms with Crippen LogP contribution in [0.25, 0.3) is 0 Å². The highest BCUT2D eigenvalue weighted by atomic mass is 19.1. The van der Waals surface area contributed by atoms with Crippen molar-refractivity contribution < 1.29 is 13.6 Å². The first-order valence-electron chi connectivity index (χ1n) is 5.71. The van der Waals surface area contributed by atoms with Crippen molar-refractivity contribution in [2.45, 2.75) is 19.4 Å². The molecule has 1 aromatic rings. The van der Waals surface area contributed by atoms with Crippen LogP contribution in [0, 0.1) is 28.9 Å². The number of piperidine rings is 1. The number of hydrogen-bond donors (Lipinski definition) is 0. The van der Waals surface area contributed by atoms with E-state index in [1.807, 2.05) is 0 Å². The zero-order valence-electron chi connectivity index (χ0n) is 9.70. The van der Waals surface area contributed by atoms with E-state index in [-0.39, 0.29) is 36.9 Å². The Bertz CT molecular complexity index is 510. The predicted molar refractivity (Wildman–Crippen MR) is 60.1 cm³/mol. The Morgan fingerprint density at radius 2 is 2.22 bits per heavy atom. The first kappa shape index (κ1) is 12.5. The first-order chi connectivity index (χ1) is 8.60. The molecule has 1 aliphatic rings. The summed E-state index contributed by atoms with van der Waals surface area (Å²) < 4.78 is 26.5. The van der Waals surface area contributed by atoms with E-state index in [2.05, 4.69) is 6.07 Å². The second kappa shape index (κ2) is 5.13. The zero-order valence-corrected chi connectivity index (χ0v) is 9.70. The van der Waals surface area contributed by atoms with Crippen molar-refractivity contribution in [3.8, 4) is 6.07 Å². The van der Waals surface area contributed by atoms with E-state index in [4.69, 9.17) is 5.26 Å². The predicted octanol–water partition coefficient (Wildman–Crippen LogP) is 2.23. The summed E-state index contributed by atoms with van der Waals surface area (Å²) in [5.74, 6) is -1.42. The molecule has 0 saturated carbocycles. The Morgan fingerprint density at radius 3 is 2.94 bits per heavy atom. The molecule has 0 N–H and O–H groups in total. The third kappa shape index (κ3) is 2.65. The second-order valence-electron chi connectivity index (χ2n) is 4.37. The minimum atomic E-state index is -0.539. The number of halogens is 2. The van der Waals surface area contributed by atoms with Gasteiger partial charge < -0.3 is 4.90 Å². The largest absolute Gasteiger partial charge is 0.337 e. The SMILES string of the molecule is N#CC1CCC(=O)N(Cc2cc(F)ccc2F)C1. The summed E-state index contributed by atoms with van der Waals surface area (Å²) >= 11 is 0. The molecule has 1 fully saturated rings. The number of amides is 1. The Hall–Kier alpha value is -1.96. The minimum absolute atomic E-state index is 0.0145. The van der Waals surface area contributed by atoms with Gasteiger partial charge in [0.15, 0.2) is 0 Å². The maximum absolute atomic E-state index is 13.5. The van der Waals surface area contributed by atoms with Gasteiger partial charge in [0, 0.05) is 25.1 Å². The monoisotopic (exact) mass is 250 g/mol. The Balaban J connectivity index is 2.14. The highest BCUT2D eigenvalue weighted by Gasteiger charge is 2.26. The van der Waals surface area contributed by atoms with Gasteiger partial charge in [0.25, 0.3) is 0 Å². The highest BCUT2D eigenvalue weighted by Crippen LogP contribution is 2.20. The van der Waals surface area contributed by atoms with Gasteiger partial charge in [-0.2, -0.15) is 5.26 Å². The summed E-state index contributed by atoms with van der Waals surface area (Å²) in [5, 5.41) is 8.84. The molecule has 1 amide bonds. The van der Waals surface area contributed by atoms with E-state index in [1.165, 1.54) is 4.90 Å². The molecule has 0 aromatic heterocycles. The van der Waals surface area contributed by atoms with Crippen LogP contribution in [0.5, 0.6) is 0 Å². The first-order valence-corrected chi connectivity index (χ1v) is 5.71. The normalized spacial score (nSPS) is 19.7. The van der Waals surface area contributed by atoms with Crippen molar-refractivity contribution in [2.75, 3.05) is 6.54 Å². The number of rotatable bonds is 2. The number of nitrogens with zero attached hydrogens (tertiary/aromatic N) is 2. The standard InChI is InChI=1S/C13H12F2N2O/c14-11-2-3-12(15)10(5-11)8-17-7-9(6-16)1-4-13(17)18/h2-3,5,9H,1,4,7-8H2. The molecule has 1 atom stereocenters. The molecule has 5 heteroatoms. The van der Waals surface area contributed by atoms with Gasteiger partial charge in [0.1, 0.15) is 11.6 Å². The molecule has 1 heterocycles. The Morgan fingerprint density at radius 1 is 1.44 bits per heavy atom. The molecule has 1 unspecified atom stereocenters. The molecule has 2 rings (SSSR count). The van der Waals surface area contributed by atoms with Crippen molar-refractivity contribution >= 4 is 5.91 Å². The maximum atomic E-state index is 13.5. The fourth-order valence-electron chi connectivity index (χ4n) is 2.04. The van der Waals surface area contributed by atoms with E-state index in [0.717, 1.165) is 18.2 Å². The van der Waals surface area contributed by atoms with Crippen LogP contribution >= 0.6 is 0 Å². The smallest absolute Gasteiger partial charge is 0.222 e. The fraction of sp³-hybridized carbons (Fsp3) is 0.385. The number of nitriles is 1. The van der Waals surface area contributed by atoms with Crippen LogP contribution < -0.4 is 0 Å². The van der Waals surface area contributed by atoms with Gasteiger partial charge in [-0.15, -0.1) is 0 Å². The van der Waals surface area contributed by atoms with Crippen LogP contribution in [0.3, 0.4) is 0 Å². The molecule has 18 heavy (non-hydrogen) atoms. The number of benzene rings is 1. The van der Waals surface area contributed by atoms with Crippen molar-refractivity contribution in [3.63, 3.8) is 0 Å². The van der Waals surface area contributed by atoms with Crippen LogP contribution in [0.15, 0.2) is 18.2 Å². The van der Waals surface area contributed by atoms with Gasteiger partial charge in [-0.1, -0.05) is 0 Å². The lowest BCUT2D eigenvalue weighted by molar-refractivity contribution is -0.134. The van der Waals surface area contributed by atoms with Gasteiger partial charge >= 0.3 is 0 Å². The molecule has 94 valence electrons. The zero-order chi connectivity index (χ0) is 13.1. The summed E-state index contributed by atoms with van der Waals surface area (Å²) in [6.45, 7) is 0.298. The number of carbonyl (C=O) groups is 1. The van der Waals surface area contributed by atoms with Gasteiger partial charge in [-0.25, -0.2) is 8.78 Å². The molecular weight excluding hydrogens is 238 g/mol. The van der Waals surface area contributed by atoms with Crippen LogP contribution in [-0.2, 0) is 11.3 Å². The van der Waals surface area contributed by atoms with E-state index in [0.29, 0.717) is 6.42 Å². The van der Waals surface area contributed by atoms with Gasteiger partial charge in [-0.05, 0) is 24.6 Å². The molecule has 0 aliphatic carbocycles. The molecule has 0 spiro atoms. The molecule has 0 radical (unpaired) electrons. The summed E-state index contributed by atoms with van der Waals surface area (Å²) in [6, 6.07) is 5.27. The summed E-state index contributed by atoms with van der Waals surface area (Å²) in [5.41, 5.74) is 0.141. The van der Waals surface area contributed by atoms with Gasteiger partial charge in [-0.3, -0.25) is 4.79 Å². The maximum Gasteiger partial charge on any atom is 0.222 e. The molecular formula is C13H12F2N2O. The van der Waals surface area contributed by atoms with Crippen LogP contribution in [0.1, 0.15) is 18.4 Å². The van der Waals surface area contributed by atoms with E-state index in [9.17, 15) is 13.6 Å². The van der Waals surface area contributed by atoms with Gasteiger partial charge in [0.2, 0.25) is 5.91 Å². The number of carbonyl (C=O) groups excluding carboxylic acids is 1. The van der Waals surface area contributed by atoms with E-state index in [1.54, 1.807) is 0 Å². The third-order valence-electron chi connectivity index (χ3n) is 3.05. The topological polar surface area (TPSA) is 44.1 Å². The van der Waals surface area contributed by atoms with Gasteiger partial charge in [0.05, 0.1) is 12.0 Å². The number of hydrogen-bond acceptors (Lipinski definition) is 2. The van der Waals surface area contributed by atoms with Crippen molar-refractivity contribution in [1.82, 2.24) is 4.90 Å². The van der Waals surface area contributed by atoms with E-state index < -0.39 is 11.6 Å². The average Bonchev–Trinajstić information content (AvgIpc) is 2.36. The molecule has 0 bridgehead atoms. The van der Waals surface area contributed by atoms with Crippen LogP contribution in [0.4, 0.5) is 8.78 Å². The summed E-state index contributed by atoms with van der Waals surface area (Å²) in [4.78, 5) is 13.1. The average molecular weight is 250 g/mol. The lowest BCUT2D eigenvalue weighted by Crippen LogP contribution is -2.39. The number of likely N-dealkylation sites (tertiary alicyclic amines) is 1. The molecule has 1 aromatic carbocycles. The molecule has 1 aliphatic heterocycles. The lowest BCUT2D eigenvalue weighted by Gasteiger charge is -2.29. The van der Waals surface area contributed by atoms with Crippen LogP contribution in [-0.4, -0.2) is 17.4 Å². The molecule has 1 saturated heterocycles. The Kier molecular flexibility index (Phi) is 3.56. The third-order valence-corrected chi connectivity index (χ3v) is 3.05. The lowest BCUT2D eigenvalue weighted by atomic mass is 9.98. The van der Waals surface area contributed by atoms with Crippen LogP contribution in [0.2, 0.25) is 0 Å². The van der Waals surface area contributed by atoms with Crippen molar-refractivity contribution in [3.05, 3.63) is 35.4 Å². The molecule has 3 nitrogen and oxygen atoms in total. The van der Waals surface area contributed by atoms with Crippen molar-refractivity contribution in [2.24, 2.45) is 5.92 Å². The highest BCUT2D eigenvalue weighted by molar-refractivity contribution is 5.77. The second-order valence-corrected chi connectivity index (χ2v) is 4.37. The summed E-state index contributed by atoms with van der Waals surface area (Å²) in [6.07, 6.45) is 0.826. The summed E-state index contributed by atoms with van der Waals surface area (Å²) in [7, 11) is 0. The quantitative estimate of drug-likeness (QED) is 0.807. The minimum Gasteiger partial charge on any atom is -0.337 e.